The van der Waals surface area contributed by atoms with Gasteiger partial charge in [-0.1, -0.05) is 6.07 Å². The first-order valence-electron chi connectivity index (χ1n) is 7.95. The molecule has 1 amide bonds. The van der Waals surface area contributed by atoms with E-state index < -0.39 is 5.60 Å². The van der Waals surface area contributed by atoms with Crippen LogP contribution in [0.1, 0.15) is 45.1 Å². The molecule has 6 heteroatoms. The molecule has 2 aromatic rings. The summed E-state index contributed by atoms with van der Waals surface area (Å²) >= 11 is 2.25. The number of amides is 1. The van der Waals surface area contributed by atoms with E-state index in [1.54, 1.807) is 0 Å². The van der Waals surface area contributed by atoms with Gasteiger partial charge in [-0.15, -0.1) is 0 Å². The second kappa shape index (κ2) is 6.30. The highest BCUT2D eigenvalue weighted by molar-refractivity contribution is 14.1. The van der Waals surface area contributed by atoms with Gasteiger partial charge in [-0.25, -0.2) is 4.79 Å². The number of rotatable bonds is 1. The average molecular weight is 427 g/mol. The molecule has 0 aliphatic carbocycles. The molecule has 0 spiro atoms. The number of carbonyl (C=O) groups is 1. The summed E-state index contributed by atoms with van der Waals surface area (Å²) in [6.07, 6.45) is 1.74. The van der Waals surface area contributed by atoms with E-state index in [-0.39, 0.29) is 6.09 Å². The molecule has 0 unspecified atom stereocenters. The Hall–Kier alpha value is -1.31. The summed E-state index contributed by atoms with van der Waals surface area (Å²) in [6, 6.07) is 6.50. The minimum Gasteiger partial charge on any atom is -0.444 e. The van der Waals surface area contributed by atoms with E-state index in [1.807, 2.05) is 25.7 Å². The molecule has 1 N–H and O–H groups in total. The number of piperidine rings is 1. The van der Waals surface area contributed by atoms with Gasteiger partial charge in [0.2, 0.25) is 0 Å². The van der Waals surface area contributed by atoms with E-state index in [2.05, 4.69) is 51.0 Å². The van der Waals surface area contributed by atoms with Gasteiger partial charge in [0.1, 0.15) is 9.30 Å². The van der Waals surface area contributed by atoms with Crippen LogP contribution < -0.4 is 0 Å². The van der Waals surface area contributed by atoms with Crippen LogP contribution in [0.5, 0.6) is 0 Å². The molecule has 23 heavy (non-hydrogen) atoms. The quantitative estimate of drug-likeness (QED) is 0.692. The lowest BCUT2D eigenvalue weighted by Gasteiger charge is -2.33. The molecule has 0 atom stereocenters. The highest BCUT2D eigenvalue weighted by Crippen LogP contribution is 2.31. The van der Waals surface area contributed by atoms with Gasteiger partial charge < -0.3 is 9.64 Å². The highest BCUT2D eigenvalue weighted by atomic mass is 127. The number of nitrogens with one attached hydrogen (secondary N) is 1. The van der Waals surface area contributed by atoms with E-state index in [9.17, 15) is 4.79 Å². The number of hydrogen-bond acceptors (Lipinski definition) is 3. The zero-order valence-corrected chi connectivity index (χ0v) is 15.9. The van der Waals surface area contributed by atoms with Crippen molar-refractivity contribution in [3.63, 3.8) is 0 Å². The lowest BCUT2D eigenvalue weighted by molar-refractivity contribution is 0.0205. The van der Waals surface area contributed by atoms with Gasteiger partial charge in [0.15, 0.2) is 0 Å². The Morgan fingerprint density at radius 2 is 2.04 bits per heavy atom. The van der Waals surface area contributed by atoms with E-state index in [0.717, 1.165) is 35.1 Å². The summed E-state index contributed by atoms with van der Waals surface area (Å²) < 4.78 is 6.46. The number of halogens is 1. The minimum absolute atomic E-state index is 0.198. The molecule has 1 aliphatic rings. The molecule has 0 bridgehead atoms. The molecule has 2 heterocycles. The van der Waals surface area contributed by atoms with Crippen molar-refractivity contribution in [1.29, 1.82) is 0 Å². The summed E-state index contributed by atoms with van der Waals surface area (Å²) in [4.78, 5) is 14.0. The number of H-pyrrole nitrogens is 1. The number of aromatic amines is 1. The van der Waals surface area contributed by atoms with Crippen molar-refractivity contribution in [2.75, 3.05) is 13.1 Å². The first-order chi connectivity index (χ1) is 10.8. The Morgan fingerprint density at radius 3 is 2.70 bits per heavy atom. The Labute approximate surface area is 149 Å². The van der Waals surface area contributed by atoms with Crippen molar-refractivity contribution in [3.05, 3.63) is 27.5 Å². The fourth-order valence-corrected chi connectivity index (χ4v) is 3.54. The number of benzene rings is 1. The Kier molecular flexibility index (Phi) is 4.53. The molecular formula is C17H22IN3O2. The van der Waals surface area contributed by atoms with Crippen LogP contribution in [0.25, 0.3) is 10.9 Å². The van der Waals surface area contributed by atoms with E-state index in [4.69, 9.17) is 4.74 Å². The van der Waals surface area contributed by atoms with E-state index in [1.165, 1.54) is 10.9 Å². The lowest BCUT2D eigenvalue weighted by atomic mass is 9.89. The second-order valence-corrected chi connectivity index (χ2v) is 8.08. The van der Waals surface area contributed by atoms with Crippen LogP contribution in [0.2, 0.25) is 0 Å². The molecule has 0 saturated carbocycles. The fourth-order valence-electron chi connectivity index (χ4n) is 2.98. The first-order valence-corrected chi connectivity index (χ1v) is 9.03. The normalized spacial score (nSPS) is 16.8. The zero-order chi connectivity index (χ0) is 16.6. The second-order valence-electron chi connectivity index (χ2n) is 7.06. The van der Waals surface area contributed by atoms with Crippen molar-refractivity contribution in [3.8, 4) is 0 Å². The summed E-state index contributed by atoms with van der Waals surface area (Å²) in [5.41, 5.74) is 1.97. The predicted molar refractivity (Wildman–Crippen MR) is 98.6 cm³/mol. The van der Waals surface area contributed by atoms with Crippen molar-refractivity contribution >= 4 is 39.6 Å². The molecule has 124 valence electrons. The molecular weight excluding hydrogens is 405 g/mol. The number of ether oxygens (including phenoxy) is 1. The molecule has 0 radical (unpaired) electrons. The number of likely N-dealkylation sites (tertiary alicyclic amines) is 1. The van der Waals surface area contributed by atoms with Gasteiger partial charge in [0.25, 0.3) is 0 Å². The third-order valence-electron chi connectivity index (χ3n) is 4.16. The minimum atomic E-state index is -0.434. The topological polar surface area (TPSA) is 58.2 Å². The van der Waals surface area contributed by atoms with E-state index in [0.29, 0.717) is 5.92 Å². The number of aromatic nitrogens is 2. The zero-order valence-electron chi connectivity index (χ0n) is 13.7. The van der Waals surface area contributed by atoms with Crippen molar-refractivity contribution < 1.29 is 9.53 Å². The monoisotopic (exact) mass is 427 g/mol. The van der Waals surface area contributed by atoms with Crippen molar-refractivity contribution in [1.82, 2.24) is 15.1 Å². The smallest absolute Gasteiger partial charge is 0.410 e. The lowest BCUT2D eigenvalue weighted by Crippen LogP contribution is -2.41. The Morgan fingerprint density at radius 1 is 1.35 bits per heavy atom. The summed E-state index contributed by atoms with van der Waals surface area (Å²) in [5, 5.41) is 8.46. The highest BCUT2D eigenvalue weighted by Gasteiger charge is 2.27. The maximum Gasteiger partial charge on any atom is 0.410 e. The van der Waals surface area contributed by atoms with Crippen LogP contribution >= 0.6 is 22.6 Å². The molecule has 1 aliphatic heterocycles. The standard InChI is InChI=1S/C17H22IN3O2/c1-17(2,3)23-16(22)21-8-6-11(7-9-21)12-4-5-14-13(10-12)15(18)20-19-14/h4-5,10-11H,6-9H2,1-3H3,(H,19,20). The maximum absolute atomic E-state index is 12.1. The van der Waals surface area contributed by atoms with Crippen LogP contribution in [0.3, 0.4) is 0 Å². The molecule has 1 saturated heterocycles. The Balaban J connectivity index is 1.66. The third-order valence-corrected chi connectivity index (χ3v) is 4.98. The van der Waals surface area contributed by atoms with Crippen LogP contribution in [-0.4, -0.2) is 39.9 Å². The largest absolute Gasteiger partial charge is 0.444 e. The van der Waals surface area contributed by atoms with Gasteiger partial charge in [-0.3, -0.25) is 5.10 Å². The Bertz CT molecular complexity index is 712. The van der Waals surface area contributed by atoms with Gasteiger partial charge >= 0.3 is 6.09 Å². The SMILES string of the molecule is CC(C)(C)OC(=O)N1CCC(c2ccc3[nH]nc(I)c3c2)CC1. The van der Waals surface area contributed by atoms with Gasteiger partial charge in [-0.2, -0.15) is 5.10 Å². The molecule has 1 fully saturated rings. The summed E-state index contributed by atoms with van der Waals surface area (Å²) in [6.45, 7) is 7.21. The van der Waals surface area contributed by atoms with Crippen LogP contribution in [0.15, 0.2) is 18.2 Å². The predicted octanol–water partition coefficient (Wildman–Crippen LogP) is 4.28. The first kappa shape index (κ1) is 16.5. The number of fused-ring (bicyclic) bond motifs is 1. The van der Waals surface area contributed by atoms with Crippen molar-refractivity contribution in [2.45, 2.75) is 45.1 Å². The molecule has 5 nitrogen and oxygen atoms in total. The van der Waals surface area contributed by atoms with Crippen molar-refractivity contribution in [2.24, 2.45) is 0 Å². The number of nitrogens with zero attached hydrogens (tertiary/aromatic N) is 2. The third kappa shape index (κ3) is 3.79. The summed E-state index contributed by atoms with van der Waals surface area (Å²) in [5.74, 6) is 0.490. The van der Waals surface area contributed by atoms with Crippen LogP contribution in [0.4, 0.5) is 4.79 Å². The van der Waals surface area contributed by atoms with Gasteiger partial charge in [-0.05, 0) is 79.8 Å². The van der Waals surface area contributed by atoms with Crippen LogP contribution in [0, 0.1) is 3.70 Å². The maximum atomic E-state index is 12.1. The summed E-state index contributed by atoms with van der Waals surface area (Å²) in [7, 11) is 0. The average Bonchev–Trinajstić information content (AvgIpc) is 2.87. The molecule has 1 aromatic heterocycles. The van der Waals surface area contributed by atoms with Crippen LogP contribution in [-0.2, 0) is 4.74 Å². The number of hydrogen-bond donors (Lipinski definition) is 1. The molecule has 1 aromatic carbocycles. The van der Waals surface area contributed by atoms with Gasteiger partial charge in [0, 0.05) is 18.5 Å². The molecule has 3 rings (SSSR count). The fraction of sp³-hybridized carbons (Fsp3) is 0.529. The number of carbonyl (C=O) groups excluding carboxylic acids is 1. The van der Waals surface area contributed by atoms with Gasteiger partial charge in [0.05, 0.1) is 5.52 Å². The van der Waals surface area contributed by atoms with E-state index >= 15 is 0 Å².